The second kappa shape index (κ2) is 11.4. The average Bonchev–Trinajstić information content (AvgIpc) is 3.59. The summed E-state index contributed by atoms with van der Waals surface area (Å²) in [6, 6.07) is 1.52. The van der Waals surface area contributed by atoms with Crippen LogP contribution in [0.4, 0.5) is 4.79 Å². The highest BCUT2D eigenvalue weighted by Gasteiger charge is 2.36. The molecule has 0 aromatic rings. The van der Waals surface area contributed by atoms with Crippen molar-refractivity contribution in [3.05, 3.63) is 0 Å². The van der Waals surface area contributed by atoms with Crippen LogP contribution >= 0.6 is 24.0 Å². The zero-order valence-corrected chi connectivity index (χ0v) is 22.7. The topological polar surface area (TPSA) is 60.4 Å². The first-order chi connectivity index (χ1) is 14.2. The molecular weight excluding hydrogens is 505 g/mol. The monoisotopic (exact) mass is 549 g/mol. The van der Waals surface area contributed by atoms with E-state index in [0.717, 1.165) is 51.0 Å². The molecule has 3 rings (SSSR count). The highest BCUT2D eigenvalue weighted by Crippen LogP contribution is 2.32. The van der Waals surface area contributed by atoms with E-state index in [1.165, 1.54) is 25.7 Å². The molecule has 0 spiro atoms. The Morgan fingerprint density at radius 1 is 1.13 bits per heavy atom. The van der Waals surface area contributed by atoms with Crippen molar-refractivity contribution in [2.24, 2.45) is 10.9 Å². The molecule has 1 amide bonds. The first-order valence-corrected chi connectivity index (χ1v) is 11.8. The number of hydrogen-bond acceptors (Lipinski definition) is 4. The fourth-order valence-electron chi connectivity index (χ4n) is 4.22. The van der Waals surface area contributed by atoms with Crippen molar-refractivity contribution in [1.82, 2.24) is 20.0 Å². The van der Waals surface area contributed by atoms with Gasteiger partial charge in [0.1, 0.15) is 5.60 Å². The minimum Gasteiger partial charge on any atom is -0.444 e. The number of ether oxygens (including phenoxy) is 1. The molecular formula is C23H44IN5O2. The fraction of sp³-hybridized carbons (Fsp3) is 0.913. The van der Waals surface area contributed by atoms with Crippen LogP contribution in [-0.4, -0.2) is 90.8 Å². The molecule has 0 aromatic heterocycles. The standard InChI is InChI=1S/C23H43N5O2.HI/c1-17(26(6)19-9-10-19)15-25-21(24-5)27-13-11-20(12-14-27)28(16-18-7-8-18)22(29)30-23(2,3)4;/h17-20H,7-16H2,1-6H3,(H,24,25);1H. The van der Waals surface area contributed by atoms with Crippen molar-refractivity contribution in [2.75, 3.05) is 40.3 Å². The Bertz CT molecular complexity index is 608. The molecule has 3 fully saturated rings. The van der Waals surface area contributed by atoms with Gasteiger partial charge in [-0.2, -0.15) is 0 Å². The van der Waals surface area contributed by atoms with Gasteiger partial charge in [0.05, 0.1) is 0 Å². The van der Waals surface area contributed by atoms with Crippen LogP contribution in [0.5, 0.6) is 0 Å². The van der Waals surface area contributed by atoms with Crippen molar-refractivity contribution in [1.29, 1.82) is 0 Å². The van der Waals surface area contributed by atoms with E-state index in [9.17, 15) is 4.79 Å². The molecule has 7 nitrogen and oxygen atoms in total. The lowest BCUT2D eigenvalue weighted by Gasteiger charge is -2.40. The number of halogens is 1. The molecule has 180 valence electrons. The number of nitrogens with zero attached hydrogens (tertiary/aromatic N) is 4. The summed E-state index contributed by atoms with van der Waals surface area (Å²) in [6.45, 7) is 11.7. The molecule has 1 heterocycles. The molecule has 0 bridgehead atoms. The van der Waals surface area contributed by atoms with Crippen molar-refractivity contribution >= 4 is 36.0 Å². The number of rotatable bonds is 7. The maximum absolute atomic E-state index is 12.8. The molecule has 8 heteroatoms. The maximum atomic E-state index is 12.8. The van der Waals surface area contributed by atoms with Crippen LogP contribution in [0, 0.1) is 5.92 Å². The molecule has 1 unspecified atom stereocenters. The lowest BCUT2D eigenvalue weighted by Crippen LogP contribution is -2.53. The van der Waals surface area contributed by atoms with Gasteiger partial charge in [0.2, 0.25) is 0 Å². The molecule has 31 heavy (non-hydrogen) atoms. The highest BCUT2D eigenvalue weighted by molar-refractivity contribution is 14.0. The van der Waals surface area contributed by atoms with Gasteiger partial charge < -0.3 is 19.9 Å². The first kappa shape index (κ1) is 26.5. The van der Waals surface area contributed by atoms with Crippen LogP contribution in [0.1, 0.15) is 66.2 Å². The van der Waals surface area contributed by atoms with Gasteiger partial charge in [0.25, 0.3) is 0 Å². The molecule has 3 aliphatic rings. The van der Waals surface area contributed by atoms with E-state index >= 15 is 0 Å². The number of carbonyl (C=O) groups excluding carboxylic acids is 1. The van der Waals surface area contributed by atoms with Crippen molar-refractivity contribution in [3.8, 4) is 0 Å². The Labute approximate surface area is 206 Å². The van der Waals surface area contributed by atoms with Crippen molar-refractivity contribution in [2.45, 2.75) is 89.9 Å². The van der Waals surface area contributed by atoms with Gasteiger partial charge >= 0.3 is 6.09 Å². The zero-order chi connectivity index (χ0) is 21.9. The van der Waals surface area contributed by atoms with Crippen molar-refractivity contribution < 1.29 is 9.53 Å². The number of nitrogens with one attached hydrogen (secondary N) is 1. The third-order valence-corrected chi connectivity index (χ3v) is 6.57. The number of likely N-dealkylation sites (N-methyl/N-ethyl adjacent to an activating group) is 1. The maximum Gasteiger partial charge on any atom is 0.410 e. The van der Waals surface area contributed by atoms with Gasteiger partial charge in [-0.15, -0.1) is 24.0 Å². The summed E-state index contributed by atoms with van der Waals surface area (Å²) in [5.41, 5.74) is -0.449. The predicted molar refractivity (Wildman–Crippen MR) is 137 cm³/mol. The third kappa shape index (κ3) is 8.26. The third-order valence-electron chi connectivity index (χ3n) is 6.57. The summed E-state index contributed by atoms with van der Waals surface area (Å²) in [5, 5.41) is 3.57. The number of likely N-dealkylation sites (tertiary alicyclic amines) is 1. The molecule has 0 radical (unpaired) electrons. The number of guanidine groups is 1. The highest BCUT2D eigenvalue weighted by atomic mass is 127. The minimum atomic E-state index is -0.449. The van der Waals surface area contributed by atoms with Gasteiger partial charge in [0, 0.05) is 51.4 Å². The van der Waals surface area contributed by atoms with Crippen LogP contribution in [0.2, 0.25) is 0 Å². The molecule has 1 N–H and O–H groups in total. The Kier molecular flexibility index (Phi) is 9.73. The first-order valence-electron chi connectivity index (χ1n) is 11.8. The number of amides is 1. The number of carbonyl (C=O) groups is 1. The summed E-state index contributed by atoms with van der Waals surface area (Å²) < 4.78 is 5.72. The van der Waals surface area contributed by atoms with Crippen LogP contribution < -0.4 is 5.32 Å². The summed E-state index contributed by atoms with van der Waals surface area (Å²) >= 11 is 0. The lowest BCUT2D eigenvalue weighted by atomic mass is 10.0. The van der Waals surface area contributed by atoms with E-state index < -0.39 is 5.60 Å². The fourth-order valence-corrected chi connectivity index (χ4v) is 4.22. The van der Waals surface area contributed by atoms with Crippen LogP contribution in [0.3, 0.4) is 0 Å². The largest absolute Gasteiger partial charge is 0.444 e. The van der Waals surface area contributed by atoms with E-state index in [2.05, 4.69) is 34.1 Å². The Morgan fingerprint density at radius 2 is 1.74 bits per heavy atom. The van der Waals surface area contributed by atoms with E-state index in [1.807, 2.05) is 32.7 Å². The number of hydrogen-bond donors (Lipinski definition) is 1. The lowest BCUT2D eigenvalue weighted by molar-refractivity contribution is 0.00927. The molecule has 1 saturated heterocycles. The SMILES string of the molecule is CN=C(NCC(C)N(C)C1CC1)N1CCC(N(CC2CC2)C(=O)OC(C)(C)C)CC1.I. The van der Waals surface area contributed by atoms with Gasteiger partial charge in [-0.25, -0.2) is 4.79 Å². The smallest absolute Gasteiger partial charge is 0.410 e. The summed E-state index contributed by atoms with van der Waals surface area (Å²) in [5.74, 6) is 1.64. The molecule has 1 atom stereocenters. The molecule has 2 saturated carbocycles. The van der Waals surface area contributed by atoms with E-state index in [-0.39, 0.29) is 36.1 Å². The zero-order valence-electron chi connectivity index (χ0n) is 20.4. The second-order valence-electron chi connectivity index (χ2n) is 10.5. The van der Waals surface area contributed by atoms with Crippen LogP contribution in [0.15, 0.2) is 4.99 Å². The summed E-state index contributed by atoms with van der Waals surface area (Å²) in [4.78, 5) is 24.2. The molecule has 1 aliphatic heterocycles. The van der Waals surface area contributed by atoms with Gasteiger partial charge in [0.15, 0.2) is 5.96 Å². The van der Waals surface area contributed by atoms with E-state index in [1.54, 1.807) is 0 Å². The molecule has 0 aromatic carbocycles. The van der Waals surface area contributed by atoms with Gasteiger partial charge in [-0.3, -0.25) is 9.89 Å². The quantitative estimate of drug-likeness (QED) is 0.298. The van der Waals surface area contributed by atoms with E-state index in [0.29, 0.717) is 12.0 Å². The van der Waals surface area contributed by atoms with Gasteiger partial charge in [-0.1, -0.05) is 0 Å². The van der Waals surface area contributed by atoms with E-state index in [4.69, 9.17) is 4.74 Å². The number of aliphatic imine (C=N–C) groups is 1. The minimum absolute atomic E-state index is 0. The second-order valence-corrected chi connectivity index (χ2v) is 10.5. The Hall–Kier alpha value is -0.770. The van der Waals surface area contributed by atoms with Crippen LogP contribution in [0.25, 0.3) is 0 Å². The summed E-state index contributed by atoms with van der Waals surface area (Å²) in [6.07, 6.45) is 6.92. The number of piperidine rings is 1. The van der Waals surface area contributed by atoms with Gasteiger partial charge in [-0.05, 0) is 79.2 Å². The predicted octanol–water partition coefficient (Wildman–Crippen LogP) is 3.77. The Morgan fingerprint density at radius 3 is 2.23 bits per heavy atom. The normalized spacial score (nSPS) is 21.5. The average molecular weight is 550 g/mol. The van der Waals surface area contributed by atoms with Crippen LogP contribution in [-0.2, 0) is 4.74 Å². The Balaban J connectivity index is 0.00000341. The molecule has 2 aliphatic carbocycles. The van der Waals surface area contributed by atoms with Crippen molar-refractivity contribution in [3.63, 3.8) is 0 Å². The summed E-state index contributed by atoms with van der Waals surface area (Å²) in [7, 11) is 4.09.